The zero-order valence-electron chi connectivity index (χ0n) is 12.8. The molecule has 21 heavy (non-hydrogen) atoms. The Labute approximate surface area is 128 Å². The van der Waals surface area contributed by atoms with Crippen LogP contribution in [0.2, 0.25) is 0 Å². The van der Waals surface area contributed by atoms with Crippen LogP contribution in [0.3, 0.4) is 0 Å². The Morgan fingerprint density at radius 1 is 0.905 bits per heavy atom. The van der Waals surface area contributed by atoms with Gasteiger partial charge < -0.3 is 5.11 Å². The van der Waals surface area contributed by atoms with E-state index in [2.05, 4.69) is 48.2 Å². The third kappa shape index (κ3) is 5.70. The summed E-state index contributed by atoms with van der Waals surface area (Å²) < 4.78 is 0. The van der Waals surface area contributed by atoms with Crippen molar-refractivity contribution >= 4 is 0 Å². The number of benzene rings is 2. The van der Waals surface area contributed by atoms with Gasteiger partial charge in [-0.05, 0) is 30.5 Å². The second-order valence-electron chi connectivity index (χ2n) is 5.56. The van der Waals surface area contributed by atoms with E-state index in [4.69, 9.17) is 0 Å². The molecule has 0 bridgehead atoms. The Bertz CT molecular complexity index is 497. The minimum absolute atomic E-state index is 0.317. The van der Waals surface area contributed by atoms with E-state index in [0.717, 1.165) is 32.5 Å². The maximum atomic E-state index is 10.3. The summed E-state index contributed by atoms with van der Waals surface area (Å²) in [7, 11) is 0. The maximum Gasteiger partial charge on any atom is 0.0707 e. The zero-order valence-corrected chi connectivity index (χ0v) is 12.8. The van der Waals surface area contributed by atoms with Crippen molar-refractivity contribution in [3.63, 3.8) is 0 Å². The number of nitrogens with zero attached hydrogens (tertiary/aromatic N) is 1. The first-order chi connectivity index (χ1) is 10.3. The maximum absolute atomic E-state index is 10.3. The molecule has 1 unspecified atom stereocenters. The minimum Gasteiger partial charge on any atom is -0.391 e. The lowest BCUT2D eigenvalue weighted by atomic mass is 10.1. The summed E-state index contributed by atoms with van der Waals surface area (Å²) in [4.78, 5) is 2.34. The first kappa shape index (κ1) is 15.7. The highest BCUT2D eigenvalue weighted by molar-refractivity contribution is 5.16. The van der Waals surface area contributed by atoms with E-state index in [1.807, 2.05) is 24.3 Å². The summed E-state index contributed by atoms with van der Waals surface area (Å²) in [6.45, 7) is 4.82. The second-order valence-corrected chi connectivity index (χ2v) is 5.56. The highest BCUT2D eigenvalue weighted by atomic mass is 16.3. The molecule has 1 atom stereocenters. The first-order valence-corrected chi connectivity index (χ1v) is 7.76. The van der Waals surface area contributed by atoms with E-state index in [0.29, 0.717) is 0 Å². The summed E-state index contributed by atoms with van der Waals surface area (Å²) >= 11 is 0. The Kier molecular flexibility index (Phi) is 6.45. The molecule has 2 heteroatoms. The fraction of sp³-hybridized carbons (Fsp3) is 0.368. The molecule has 0 spiro atoms. The van der Waals surface area contributed by atoms with Gasteiger partial charge in [0.2, 0.25) is 0 Å². The zero-order chi connectivity index (χ0) is 14.9. The van der Waals surface area contributed by atoms with Crippen molar-refractivity contribution in [2.45, 2.75) is 32.4 Å². The number of hydrogen-bond donors (Lipinski definition) is 1. The summed E-state index contributed by atoms with van der Waals surface area (Å²) in [5.74, 6) is 0. The van der Waals surface area contributed by atoms with Crippen LogP contribution in [0.4, 0.5) is 0 Å². The predicted molar refractivity (Wildman–Crippen MR) is 88.2 cm³/mol. The third-order valence-electron chi connectivity index (χ3n) is 3.57. The van der Waals surface area contributed by atoms with Crippen molar-refractivity contribution in [1.82, 2.24) is 4.90 Å². The van der Waals surface area contributed by atoms with Gasteiger partial charge in [0.15, 0.2) is 0 Å². The van der Waals surface area contributed by atoms with Crippen molar-refractivity contribution in [3.8, 4) is 0 Å². The summed E-state index contributed by atoms with van der Waals surface area (Å²) in [5, 5.41) is 10.3. The molecule has 112 valence electrons. The highest BCUT2D eigenvalue weighted by Crippen LogP contribution is 2.09. The van der Waals surface area contributed by atoms with Gasteiger partial charge in [0, 0.05) is 13.1 Å². The fourth-order valence-corrected chi connectivity index (χ4v) is 2.64. The van der Waals surface area contributed by atoms with Gasteiger partial charge >= 0.3 is 0 Å². The van der Waals surface area contributed by atoms with Gasteiger partial charge in [0.05, 0.1) is 6.10 Å². The summed E-state index contributed by atoms with van der Waals surface area (Å²) in [5.41, 5.74) is 2.50. The monoisotopic (exact) mass is 283 g/mol. The first-order valence-electron chi connectivity index (χ1n) is 7.76. The standard InChI is InChI=1S/C19H25NO/c1-2-13-20(15-18-11-7-4-8-12-18)16-19(21)14-17-9-5-3-6-10-17/h3-12,19,21H,2,13-16H2,1H3. The lowest BCUT2D eigenvalue weighted by molar-refractivity contribution is 0.108. The summed E-state index contributed by atoms with van der Waals surface area (Å²) in [6, 6.07) is 20.7. The quantitative estimate of drug-likeness (QED) is 0.801. The van der Waals surface area contributed by atoms with Crippen molar-refractivity contribution in [2.75, 3.05) is 13.1 Å². The number of aliphatic hydroxyl groups is 1. The molecule has 0 saturated heterocycles. The Morgan fingerprint density at radius 2 is 1.48 bits per heavy atom. The van der Waals surface area contributed by atoms with Gasteiger partial charge in [-0.3, -0.25) is 4.90 Å². The fourth-order valence-electron chi connectivity index (χ4n) is 2.64. The number of aliphatic hydroxyl groups excluding tert-OH is 1. The molecule has 0 saturated carbocycles. The lowest BCUT2D eigenvalue weighted by Crippen LogP contribution is -2.33. The van der Waals surface area contributed by atoms with Gasteiger partial charge in [-0.25, -0.2) is 0 Å². The van der Waals surface area contributed by atoms with Crippen LogP contribution >= 0.6 is 0 Å². The molecule has 0 heterocycles. The average Bonchev–Trinajstić information content (AvgIpc) is 2.49. The molecule has 0 aliphatic rings. The van der Waals surface area contributed by atoms with Crippen LogP contribution < -0.4 is 0 Å². The Morgan fingerprint density at radius 3 is 2.05 bits per heavy atom. The third-order valence-corrected chi connectivity index (χ3v) is 3.57. The van der Waals surface area contributed by atoms with Crippen molar-refractivity contribution < 1.29 is 5.11 Å². The molecule has 2 aromatic carbocycles. The van der Waals surface area contributed by atoms with E-state index in [1.54, 1.807) is 0 Å². The van der Waals surface area contributed by atoms with E-state index >= 15 is 0 Å². The van der Waals surface area contributed by atoms with Crippen LogP contribution in [0.25, 0.3) is 0 Å². The molecule has 2 nitrogen and oxygen atoms in total. The molecule has 0 aliphatic carbocycles. The topological polar surface area (TPSA) is 23.5 Å². The van der Waals surface area contributed by atoms with Gasteiger partial charge in [0.25, 0.3) is 0 Å². The molecule has 2 rings (SSSR count). The second kappa shape index (κ2) is 8.60. The molecule has 0 amide bonds. The molecule has 0 aromatic heterocycles. The van der Waals surface area contributed by atoms with Crippen LogP contribution in [0.5, 0.6) is 0 Å². The van der Waals surface area contributed by atoms with Crippen molar-refractivity contribution in [3.05, 3.63) is 71.8 Å². The average molecular weight is 283 g/mol. The molecular formula is C19H25NO. The minimum atomic E-state index is -0.317. The lowest BCUT2D eigenvalue weighted by Gasteiger charge is -2.24. The van der Waals surface area contributed by atoms with E-state index in [1.165, 1.54) is 11.1 Å². The normalized spacial score (nSPS) is 12.5. The molecular weight excluding hydrogens is 258 g/mol. The molecule has 2 aromatic rings. The van der Waals surface area contributed by atoms with Crippen LogP contribution in [0, 0.1) is 0 Å². The van der Waals surface area contributed by atoms with Gasteiger partial charge in [-0.15, -0.1) is 0 Å². The molecule has 0 aliphatic heterocycles. The van der Waals surface area contributed by atoms with E-state index < -0.39 is 0 Å². The smallest absolute Gasteiger partial charge is 0.0707 e. The van der Waals surface area contributed by atoms with Gasteiger partial charge in [0.1, 0.15) is 0 Å². The predicted octanol–water partition coefficient (Wildman–Crippen LogP) is 3.50. The highest BCUT2D eigenvalue weighted by Gasteiger charge is 2.12. The Balaban J connectivity index is 1.89. The van der Waals surface area contributed by atoms with Crippen LogP contribution in [0.1, 0.15) is 24.5 Å². The van der Waals surface area contributed by atoms with Crippen molar-refractivity contribution in [2.24, 2.45) is 0 Å². The van der Waals surface area contributed by atoms with E-state index in [9.17, 15) is 5.11 Å². The number of rotatable bonds is 8. The van der Waals surface area contributed by atoms with E-state index in [-0.39, 0.29) is 6.10 Å². The van der Waals surface area contributed by atoms with Crippen LogP contribution in [-0.2, 0) is 13.0 Å². The number of hydrogen-bond acceptors (Lipinski definition) is 2. The van der Waals surface area contributed by atoms with Crippen molar-refractivity contribution in [1.29, 1.82) is 0 Å². The SMILES string of the molecule is CCCN(Cc1ccccc1)CC(O)Cc1ccccc1. The van der Waals surface area contributed by atoms with Crippen LogP contribution in [0.15, 0.2) is 60.7 Å². The largest absolute Gasteiger partial charge is 0.391 e. The summed E-state index contributed by atoms with van der Waals surface area (Å²) in [6.07, 6.45) is 1.50. The van der Waals surface area contributed by atoms with Gasteiger partial charge in [-0.1, -0.05) is 67.6 Å². The molecule has 0 radical (unpaired) electrons. The molecule has 0 fully saturated rings. The van der Waals surface area contributed by atoms with Crippen LogP contribution in [-0.4, -0.2) is 29.2 Å². The Hall–Kier alpha value is -1.64. The molecule has 1 N–H and O–H groups in total. The van der Waals surface area contributed by atoms with Gasteiger partial charge in [-0.2, -0.15) is 0 Å².